The van der Waals surface area contributed by atoms with Gasteiger partial charge < -0.3 is 19.5 Å². The third-order valence-electron chi connectivity index (χ3n) is 4.19. The fourth-order valence-electron chi connectivity index (χ4n) is 2.77. The Balaban J connectivity index is 1.92. The molecular formula is C21H22FN3O6S. The van der Waals surface area contributed by atoms with E-state index < -0.39 is 21.6 Å². The molecule has 170 valence electrons. The van der Waals surface area contributed by atoms with E-state index in [1.165, 1.54) is 43.6 Å². The number of carbonyl (C=O) groups excluding carboxylic acids is 1. The quantitative estimate of drug-likeness (QED) is 0.499. The number of nitrogens with zero attached hydrogens (tertiary/aromatic N) is 1. The average Bonchev–Trinajstić information content (AvgIpc) is 3.21. The van der Waals surface area contributed by atoms with Crippen LogP contribution < -0.4 is 14.8 Å². The lowest BCUT2D eigenvalue weighted by atomic mass is 10.2. The minimum Gasteiger partial charge on any atom is -0.488 e. The van der Waals surface area contributed by atoms with Crippen molar-refractivity contribution in [2.24, 2.45) is 0 Å². The van der Waals surface area contributed by atoms with E-state index in [-0.39, 0.29) is 28.1 Å². The van der Waals surface area contributed by atoms with E-state index in [1.807, 2.05) is 0 Å². The van der Waals surface area contributed by atoms with E-state index in [9.17, 15) is 17.6 Å². The largest absolute Gasteiger partial charge is 0.488 e. The normalized spacial score (nSPS) is 12.2. The molecule has 1 unspecified atom stereocenters. The highest BCUT2D eigenvalue weighted by atomic mass is 32.2. The number of anilines is 1. The van der Waals surface area contributed by atoms with Gasteiger partial charge in [-0.3, -0.25) is 9.89 Å². The number of aromatic nitrogens is 2. The summed E-state index contributed by atoms with van der Waals surface area (Å²) < 4.78 is 54.1. The number of rotatable bonds is 9. The number of benzene rings is 2. The van der Waals surface area contributed by atoms with Gasteiger partial charge in [-0.25, -0.2) is 12.8 Å². The van der Waals surface area contributed by atoms with Crippen LogP contribution in [0.1, 0.15) is 17.3 Å². The molecule has 0 saturated heterocycles. The molecule has 0 aliphatic rings. The number of aromatic amines is 1. The molecular weight excluding hydrogens is 441 g/mol. The second-order valence-corrected chi connectivity index (χ2v) is 8.98. The molecule has 0 aliphatic carbocycles. The van der Waals surface area contributed by atoms with Crippen LogP contribution in [0.4, 0.5) is 10.2 Å². The topological polar surface area (TPSA) is 120 Å². The molecule has 11 heteroatoms. The Morgan fingerprint density at radius 1 is 1.19 bits per heavy atom. The van der Waals surface area contributed by atoms with Crippen molar-refractivity contribution in [3.63, 3.8) is 0 Å². The number of amides is 1. The summed E-state index contributed by atoms with van der Waals surface area (Å²) in [6.45, 7) is 2.09. The molecule has 0 spiro atoms. The van der Waals surface area contributed by atoms with Crippen LogP contribution in [-0.4, -0.2) is 50.6 Å². The number of halogens is 1. The molecule has 0 saturated carbocycles. The number of H-pyrrole nitrogens is 1. The minimum atomic E-state index is -3.57. The smallest absolute Gasteiger partial charge is 0.257 e. The van der Waals surface area contributed by atoms with E-state index in [0.29, 0.717) is 18.2 Å². The van der Waals surface area contributed by atoms with Crippen LogP contribution in [0.2, 0.25) is 0 Å². The molecule has 2 N–H and O–H groups in total. The third-order valence-corrected chi connectivity index (χ3v) is 5.30. The van der Waals surface area contributed by atoms with Crippen LogP contribution in [0.3, 0.4) is 0 Å². The molecule has 3 rings (SSSR count). The third kappa shape index (κ3) is 6.05. The van der Waals surface area contributed by atoms with Gasteiger partial charge in [0.1, 0.15) is 23.4 Å². The summed E-state index contributed by atoms with van der Waals surface area (Å²) in [5.74, 6) is -0.742. The zero-order valence-corrected chi connectivity index (χ0v) is 18.4. The molecule has 0 fully saturated rings. The van der Waals surface area contributed by atoms with Crippen molar-refractivity contribution in [3.8, 4) is 17.2 Å². The van der Waals surface area contributed by atoms with E-state index in [0.717, 1.165) is 12.3 Å². The molecule has 32 heavy (non-hydrogen) atoms. The summed E-state index contributed by atoms with van der Waals surface area (Å²) in [6.07, 6.45) is 2.14. The summed E-state index contributed by atoms with van der Waals surface area (Å²) in [5, 5.41) is 9.02. The van der Waals surface area contributed by atoms with Gasteiger partial charge in [0.25, 0.3) is 5.91 Å². The lowest BCUT2D eigenvalue weighted by Crippen LogP contribution is -2.18. The van der Waals surface area contributed by atoms with Gasteiger partial charge in [0, 0.05) is 31.1 Å². The van der Waals surface area contributed by atoms with Crippen molar-refractivity contribution in [2.75, 3.05) is 25.3 Å². The highest BCUT2D eigenvalue weighted by molar-refractivity contribution is 7.90. The van der Waals surface area contributed by atoms with Gasteiger partial charge in [-0.05, 0) is 37.3 Å². The van der Waals surface area contributed by atoms with Gasteiger partial charge in [-0.2, -0.15) is 5.10 Å². The van der Waals surface area contributed by atoms with E-state index >= 15 is 0 Å². The van der Waals surface area contributed by atoms with Crippen LogP contribution >= 0.6 is 0 Å². The van der Waals surface area contributed by atoms with Crippen LogP contribution in [-0.2, 0) is 14.6 Å². The van der Waals surface area contributed by atoms with Crippen LogP contribution in [0.5, 0.6) is 17.2 Å². The molecule has 1 aromatic heterocycles. The maximum absolute atomic E-state index is 14.5. The molecule has 0 aliphatic heterocycles. The van der Waals surface area contributed by atoms with Crippen molar-refractivity contribution in [1.29, 1.82) is 0 Å². The first-order chi connectivity index (χ1) is 15.2. The maximum Gasteiger partial charge on any atom is 0.257 e. The van der Waals surface area contributed by atoms with Gasteiger partial charge in [-0.1, -0.05) is 0 Å². The number of carbonyl (C=O) groups is 1. The van der Waals surface area contributed by atoms with Crippen molar-refractivity contribution in [3.05, 3.63) is 60.0 Å². The molecule has 1 atom stereocenters. The second kappa shape index (κ2) is 9.79. The van der Waals surface area contributed by atoms with Gasteiger partial charge in [0.2, 0.25) is 0 Å². The lowest BCUT2D eigenvalue weighted by molar-refractivity contribution is 0.0915. The summed E-state index contributed by atoms with van der Waals surface area (Å²) in [6, 6.07) is 9.30. The molecule has 9 nitrogen and oxygen atoms in total. The Morgan fingerprint density at radius 3 is 2.56 bits per heavy atom. The van der Waals surface area contributed by atoms with E-state index in [1.54, 1.807) is 13.0 Å². The van der Waals surface area contributed by atoms with Gasteiger partial charge in [-0.15, -0.1) is 0 Å². The fraction of sp³-hybridized carbons (Fsp3) is 0.238. The van der Waals surface area contributed by atoms with Crippen molar-refractivity contribution >= 4 is 21.6 Å². The Bertz CT molecular complexity index is 1200. The number of methoxy groups -OCH3 is 1. The number of hydrogen-bond donors (Lipinski definition) is 2. The van der Waals surface area contributed by atoms with E-state index in [2.05, 4.69) is 15.5 Å². The predicted octanol–water partition coefficient (Wildman–Crippen LogP) is 3.41. The molecule has 2 aromatic carbocycles. The zero-order valence-electron chi connectivity index (χ0n) is 17.6. The second-order valence-electron chi connectivity index (χ2n) is 6.97. The molecule has 0 bridgehead atoms. The average molecular weight is 463 g/mol. The van der Waals surface area contributed by atoms with Crippen molar-refractivity contribution < 1.29 is 31.8 Å². The Morgan fingerprint density at radius 2 is 1.94 bits per heavy atom. The molecule has 1 amide bonds. The summed E-state index contributed by atoms with van der Waals surface area (Å²) in [4.78, 5) is 12.5. The molecule has 0 radical (unpaired) electrons. The standard InChI is InChI=1S/C21H22FN3O6S/c1-13(12-29-2)30-15-8-14(21(26)24-20-6-7-23-25-20)9-16(10-15)31-19-5-4-17(11-18(19)22)32(3,27)28/h4-11,13H,12H2,1-3H3,(H2,23,24,25,26). The van der Waals surface area contributed by atoms with Gasteiger partial charge in [0.05, 0.1) is 17.7 Å². The first-order valence-electron chi connectivity index (χ1n) is 9.44. The zero-order chi connectivity index (χ0) is 23.3. The fourth-order valence-corrected chi connectivity index (χ4v) is 3.41. The first kappa shape index (κ1) is 23.2. The summed E-state index contributed by atoms with van der Waals surface area (Å²) in [7, 11) is -2.04. The highest BCUT2D eigenvalue weighted by Crippen LogP contribution is 2.31. The van der Waals surface area contributed by atoms with Gasteiger partial charge >= 0.3 is 0 Å². The van der Waals surface area contributed by atoms with Crippen molar-refractivity contribution in [2.45, 2.75) is 17.9 Å². The predicted molar refractivity (Wildman–Crippen MR) is 115 cm³/mol. The number of nitrogens with one attached hydrogen (secondary N) is 2. The number of ether oxygens (including phenoxy) is 3. The van der Waals surface area contributed by atoms with Crippen LogP contribution in [0, 0.1) is 5.82 Å². The Kier molecular flexibility index (Phi) is 7.11. The number of sulfone groups is 1. The first-order valence-corrected chi connectivity index (χ1v) is 11.3. The Labute approximate surface area is 184 Å². The lowest BCUT2D eigenvalue weighted by Gasteiger charge is -2.16. The van der Waals surface area contributed by atoms with E-state index in [4.69, 9.17) is 14.2 Å². The highest BCUT2D eigenvalue weighted by Gasteiger charge is 2.16. The molecule has 1 heterocycles. The monoisotopic (exact) mass is 463 g/mol. The van der Waals surface area contributed by atoms with Crippen molar-refractivity contribution in [1.82, 2.24) is 10.2 Å². The summed E-state index contributed by atoms with van der Waals surface area (Å²) in [5.41, 5.74) is 0.185. The SMILES string of the molecule is COCC(C)Oc1cc(Oc2ccc(S(C)(=O)=O)cc2F)cc(C(=O)Nc2ccn[nH]2)c1. The maximum atomic E-state index is 14.5. The molecule has 3 aromatic rings. The number of hydrogen-bond acceptors (Lipinski definition) is 7. The minimum absolute atomic E-state index is 0.118. The summed E-state index contributed by atoms with van der Waals surface area (Å²) >= 11 is 0. The van der Waals surface area contributed by atoms with Crippen LogP contribution in [0.15, 0.2) is 53.6 Å². The van der Waals surface area contributed by atoms with Crippen LogP contribution in [0.25, 0.3) is 0 Å². The Hall–Kier alpha value is -3.44. The van der Waals surface area contributed by atoms with Gasteiger partial charge in [0.15, 0.2) is 21.4 Å².